The van der Waals surface area contributed by atoms with Gasteiger partial charge in [-0.2, -0.15) is 0 Å². The summed E-state index contributed by atoms with van der Waals surface area (Å²) in [6.45, 7) is 4.20. The van der Waals surface area contributed by atoms with E-state index < -0.39 is 0 Å². The number of hydrogen-bond acceptors (Lipinski definition) is 3. The van der Waals surface area contributed by atoms with Gasteiger partial charge < -0.3 is 9.94 Å². The molecule has 0 bridgehead atoms. The summed E-state index contributed by atoms with van der Waals surface area (Å²) in [5.41, 5.74) is 0.948. The lowest BCUT2D eigenvalue weighted by atomic mass is 10.3. The van der Waals surface area contributed by atoms with Crippen molar-refractivity contribution in [1.82, 2.24) is 0 Å². The van der Waals surface area contributed by atoms with Gasteiger partial charge in [0, 0.05) is 0 Å². The molecule has 0 amide bonds. The SMILES string of the molecule is CC/C(C)=N/OCCO. The molecule has 0 radical (unpaired) electrons. The van der Waals surface area contributed by atoms with Crippen molar-refractivity contribution in [3.05, 3.63) is 0 Å². The van der Waals surface area contributed by atoms with E-state index in [2.05, 4.69) is 9.99 Å². The van der Waals surface area contributed by atoms with Crippen molar-refractivity contribution >= 4 is 5.71 Å². The van der Waals surface area contributed by atoms with Crippen molar-refractivity contribution in [1.29, 1.82) is 0 Å². The van der Waals surface area contributed by atoms with Crippen LogP contribution in [0.15, 0.2) is 5.16 Å². The van der Waals surface area contributed by atoms with Gasteiger partial charge in [-0.3, -0.25) is 0 Å². The van der Waals surface area contributed by atoms with E-state index in [1.165, 1.54) is 0 Å². The Morgan fingerprint density at radius 3 is 2.78 bits per heavy atom. The number of rotatable bonds is 4. The highest BCUT2D eigenvalue weighted by Gasteiger charge is 1.84. The number of oxime groups is 1. The molecule has 3 nitrogen and oxygen atoms in total. The molecule has 0 fully saturated rings. The molecule has 0 aliphatic heterocycles. The number of aliphatic hydroxyl groups excluding tert-OH is 1. The van der Waals surface area contributed by atoms with Crippen molar-refractivity contribution in [3.63, 3.8) is 0 Å². The second-order valence-electron chi connectivity index (χ2n) is 1.74. The lowest BCUT2D eigenvalue weighted by Gasteiger charge is -1.95. The Morgan fingerprint density at radius 1 is 1.67 bits per heavy atom. The summed E-state index contributed by atoms with van der Waals surface area (Å²) in [6.07, 6.45) is 0.894. The molecule has 0 aromatic heterocycles. The van der Waals surface area contributed by atoms with E-state index in [0.29, 0.717) is 0 Å². The van der Waals surface area contributed by atoms with Crippen LogP contribution in [0.5, 0.6) is 0 Å². The average Bonchev–Trinajstić information content (AvgIpc) is 1.89. The van der Waals surface area contributed by atoms with Crippen LogP contribution < -0.4 is 0 Å². The Kier molecular flexibility index (Phi) is 5.21. The maximum Gasteiger partial charge on any atom is 0.140 e. The second-order valence-corrected chi connectivity index (χ2v) is 1.74. The molecule has 0 aromatic rings. The van der Waals surface area contributed by atoms with Gasteiger partial charge in [-0.05, 0) is 13.3 Å². The Balaban J connectivity index is 3.21. The quantitative estimate of drug-likeness (QED) is 0.348. The van der Waals surface area contributed by atoms with Crippen molar-refractivity contribution in [2.24, 2.45) is 5.16 Å². The summed E-state index contributed by atoms with van der Waals surface area (Å²) in [6, 6.07) is 0. The predicted molar refractivity (Wildman–Crippen MR) is 36.4 cm³/mol. The van der Waals surface area contributed by atoms with Gasteiger partial charge in [-0.25, -0.2) is 0 Å². The molecule has 0 rings (SSSR count). The monoisotopic (exact) mass is 131 g/mol. The molecule has 0 saturated carbocycles. The molecule has 0 atom stereocenters. The van der Waals surface area contributed by atoms with Crippen LogP contribution in [0.2, 0.25) is 0 Å². The molecule has 0 aromatic carbocycles. The van der Waals surface area contributed by atoms with Gasteiger partial charge in [0.2, 0.25) is 0 Å². The molecule has 3 heteroatoms. The van der Waals surface area contributed by atoms with Crippen LogP contribution in [0.1, 0.15) is 20.3 Å². The highest BCUT2D eigenvalue weighted by molar-refractivity contribution is 5.80. The summed E-state index contributed by atoms with van der Waals surface area (Å²) >= 11 is 0. The van der Waals surface area contributed by atoms with Crippen LogP contribution in [0.25, 0.3) is 0 Å². The zero-order chi connectivity index (χ0) is 7.11. The molecular weight excluding hydrogens is 118 g/mol. The fourth-order valence-electron chi connectivity index (χ4n) is 0.261. The minimum atomic E-state index is 0.0283. The minimum Gasteiger partial charge on any atom is -0.393 e. The third-order valence-electron chi connectivity index (χ3n) is 0.915. The molecule has 0 saturated heterocycles. The Hall–Kier alpha value is -0.570. The van der Waals surface area contributed by atoms with Gasteiger partial charge >= 0.3 is 0 Å². The first-order valence-corrected chi connectivity index (χ1v) is 3.07. The summed E-state index contributed by atoms with van der Waals surface area (Å²) in [5, 5.41) is 11.9. The second kappa shape index (κ2) is 5.56. The van der Waals surface area contributed by atoms with Crippen LogP contribution in [-0.2, 0) is 4.84 Å². The van der Waals surface area contributed by atoms with Crippen molar-refractivity contribution < 1.29 is 9.94 Å². The molecule has 0 aliphatic carbocycles. The van der Waals surface area contributed by atoms with Gasteiger partial charge in [0.05, 0.1) is 12.3 Å². The van der Waals surface area contributed by atoms with Crippen molar-refractivity contribution in [2.75, 3.05) is 13.2 Å². The van der Waals surface area contributed by atoms with Crippen LogP contribution in [0.4, 0.5) is 0 Å². The highest BCUT2D eigenvalue weighted by Crippen LogP contribution is 1.84. The van der Waals surface area contributed by atoms with Crippen molar-refractivity contribution in [2.45, 2.75) is 20.3 Å². The molecule has 0 unspecified atom stereocenters. The lowest BCUT2D eigenvalue weighted by Crippen LogP contribution is -1.96. The normalized spacial score (nSPS) is 11.7. The molecule has 1 N–H and O–H groups in total. The van der Waals surface area contributed by atoms with E-state index in [9.17, 15) is 0 Å². The first-order valence-electron chi connectivity index (χ1n) is 3.07. The van der Waals surface area contributed by atoms with E-state index in [4.69, 9.17) is 5.11 Å². The van der Waals surface area contributed by atoms with E-state index in [-0.39, 0.29) is 13.2 Å². The van der Waals surface area contributed by atoms with Crippen LogP contribution in [0.3, 0.4) is 0 Å². The predicted octanol–water partition coefficient (Wildman–Crippen LogP) is 0.781. The molecular formula is C6H13NO2. The lowest BCUT2D eigenvalue weighted by molar-refractivity contribution is 0.0981. The van der Waals surface area contributed by atoms with Gasteiger partial charge in [-0.15, -0.1) is 0 Å². The van der Waals surface area contributed by atoms with Gasteiger partial charge in [-0.1, -0.05) is 12.1 Å². The maximum atomic E-state index is 8.26. The van der Waals surface area contributed by atoms with Gasteiger partial charge in [0.25, 0.3) is 0 Å². The molecule has 0 spiro atoms. The summed E-state index contributed by atoms with van der Waals surface area (Å²) < 4.78 is 0. The third kappa shape index (κ3) is 5.30. The van der Waals surface area contributed by atoms with E-state index >= 15 is 0 Å². The smallest absolute Gasteiger partial charge is 0.140 e. The summed E-state index contributed by atoms with van der Waals surface area (Å²) in [5.74, 6) is 0. The Bertz CT molecular complexity index is 91.1. The minimum absolute atomic E-state index is 0.0283. The largest absolute Gasteiger partial charge is 0.393 e. The van der Waals surface area contributed by atoms with Crippen LogP contribution in [-0.4, -0.2) is 24.0 Å². The first kappa shape index (κ1) is 8.43. The maximum absolute atomic E-state index is 8.26. The standard InChI is InChI=1S/C6H13NO2/c1-3-6(2)7-9-5-4-8/h8H,3-5H2,1-2H3/b7-6+. The number of aliphatic hydroxyl groups is 1. The summed E-state index contributed by atoms with van der Waals surface area (Å²) in [4.78, 5) is 4.67. The zero-order valence-electron chi connectivity index (χ0n) is 5.92. The van der Waals surface area contributed by atoms with E-state index in [1.54, 1.807) is 0 Å². The molecule has 0 aliphatic rings. The molecule has 0 heterocycles. The number of hydrogen-bond donors (Lipinski definition) is 1. The third-order valence-corrected chi connectivity index (χ3v) is 0.915. The fourth-order valence-corrected chi connectivity index (χ4v) is 0.261. The van der Waals surface area contributed by atoms with Gasteiger partial charge in [0.15, 0.2) is 0 Å². The van der Waals surface area contributed by atoms with Crippen LogP contribution >= 0.6 is 0 Å². The molecule has 54 valence electrons. The molecule has 9 heavy (non-hydrogen) atoms. The fraction of sp³-hybridized carbons (Fsp3) is 0.833. The zero-order valence-corrected chi connectivity index (χ0v) is 5.92. The first-order chi connectivity index (χ1) is 4.31. The van der Waals surface area contributed by atoms with E-state index in [1.807, 2.05) is 13.8 Å². The van der Waals surface area contributed by atoms with Gasteiger partial charge in [0.1, 0.15) is 6.61 Å². The number of nitrogens with zero attached hydrogens (tertiary/aromatic N) is 1. The van der Waals surface area contributed by atoms with Crippen LogP contribution in [0, 0.1) is 0 Å². The average molecular weight is 131 g/mol. The topological polar surface area (TPSA) is 41.8 Å². The highest BCUT2D eigenvalue weighted by atomic mass is 16.6. The Labute approximate surface area is 55.3 Å². The Morgan fingerprint density at radius 2 is 2.33 bits per heavy atom. The van der Waals surface area contributed by atoms with E-state index in [0.717, 1.165) is 12.1 Å². The summed E-state index contributed by atoms with van der Waals surface area (Å²) in [7, 11) is 0. The van der Waals surface area contributed by atoms with Crippen molar-refractivity contribution in [3.8, 4) is 0 Å².